The number of ether oxygens (including phenoxy) is 2. The number of rotatable bonds is 5. The van der Waals surface area contributed by atoms with Gasteiger partial charge in [0.15, 0.2) is 6.61 Å². The predicted molar refractivity (Wildman–Crippen MR) is 37.9 cm³/mol. The number of alkyl halides is 1. The third kappa shape index (κ3) is 5.64. The lowest BCUT2D eigenvalue weighted by atomic mass is 10.5. The molecule has 0 aliphatic rings. The second kappa shape index (κ2) is 6.57. The number of carbonyl (C=O) groups is 2. The molecule has 0 aromatic carbocycles. The molecule has 4 nitrogen and oxygen atoms in total. The van der Waals surface area contributed by atoms with Crippen molar-refractivity contribution in [2.45, 2.75) is 6.92 Å². The first-order chi connectivity index (χ1) is 5.70. The van der Waals surface area contributed by atoms with Crippen LogP contribution in [-0.4, -0.2) is 31.8 Å². The largest absolute Gasteiger partial charge is 0.460 e. The molecule has 0 aliphatic carbocycles. The Morgan fingerprint density at radius 3 is 2.58 bits per heavy atom. The van der Waals surface area contributed by atoms with E-state index in [9.17, 15) is 14.0 Å². The monoisotopic (exact) mass is 177 g/mol. The van der Waals surface area contributed by atoms with E-state index in [-0.39, 0.29) is 6.61 Å². The van der Waals surface area contributed by atoms with Gasteiger partial charge in [-0.2, -0.15) is 0 Å². The summed E-state index contributed by atoms with van der Waals surface area (Å²) >= 11 is 0. The first-order valence-corrected chi connectivity index (χ1v) is 3.38. The van der Waals surface area contributed by atoms with Gasteiger partial charge in [-0.1, -0.05) is 6.92 Å². The van der Waals surface area contributed by atoms with Gasteiger partial charge in [0.2, 0.25) is 0 Å². The Balaban J connectivity index is 3.37. The average Bonchev–Trinajstić information content (AvgIpc) is 2.10. The molecule has 0 saturated carbocycles. The molecule has 5 heteroatoms. The van der Waals surface area contributed by atoms with Crippen molar-refractivity contribution in [3.63, 3.8) is 0 Å². The predicted octanol–water partition coefficient (Wildman–Crippen LogP) is 0.266. The van der Waals surface area contributed by atoms with Gasteiger partial charge in [-0.15, -0.1) is 0 Å². The topological polar surface area (TPSA) is 52.6 Å². The molecule has 0 unspecified atom stereocenters. The number of carbonyl (C=O) groups excluding carboxylic acids is 2. The molecule has 0 aromatic heterocycles. The molecule has 0 spiro atoms. The molecule has 0 aromatic rings. The summed E-state index contributed by atoms with van der Waals surface area (Å²) in [5.41, 5.74) is 0. The fourth-order valence-corrected chi connectivity index (χ4v) is 0.407. The summed E-state index contributed by atoms with van der Waals surface area (Å²) in [4.78, 5) is 21.0. The highest BCUT2D eigenvalue weighted by Crippen LogP contribution is 1.86. The Bertz CT molecular complexity index is 157. The smallest absolute Gasteiger partial charge is 0.344 e. The van der Waals surface area contributed by atoms with Crippen LogP contribution in [0.25, 0.3) is 0 Å². The maximum atomic E-state index is 11.4. The zero-order chi connectivity index (χ0) is 9.40. The fraction of sp³-hybridized carbons (Fsp3) is 0.571. The van der Waals surface area contributed by atoms with Gasteiger partial charge in [-0.3, -0.25) is 4.79 Å². The van der Waals surface area contributed by atoms with Gasteiger partial charge in [0.1, 0.15) is 13.3 Å². The molecule has 0 N–H and O–H groups in total. The summed E-state index contributed by atoms with van der Waals surface area (Å²) < 4.78 is 20.1. The Kier molecular flexibility index (Phi) is 5.95. The first-order valence-electron chi connectivity index (χ1n) is 3.38. The van der Waals surface area contributed by atoms with Crippen LogP contribution in [0.4, 0.5) is 4.39 Å². The number of hydrogen-bond donors (Lipinski definition) is 0. The third-order valence-electron chi connectivity index (χ3n) is 0.908. The summed E-state index contributed by atoms with van der Waals surface area (Å²) in [6, 6.07) is 0. The lowest BCUT2D eigenvalue weighted by molar-refractivity contribution is -0.157. The molecule has 0 saturated heterocycles. The van der Waals surface area contributed by atoms with E-state index in [1.807, 2.05) is 0 Å². The van der Waals surface area contributed by atoms with E-state index >= 15 is 0 Å². The van der Waals surface area contributed by atoms with Crippen molar-refractivity contribution in [2.75, 3.05) is 19.9 Å². The summed E-state index contributed by atoms with van der Waals surface area (Å²) in [6.07, 6.45) is 1.17. The molecule has 0 heterocycles. The van der Waals surface area contributed by atoms with Crippen LogP contribution < -0.4 is 0 Å². The van der Waals surface area contributed by atoms with Crippen molar-refractivity contribution in [1.29, 1.82) is 0 Å². The van der Waals surface area contributed by atoms with Crippen molar-refractivity contribution in [3.8, 4) is 0 Å². The van der Waals surface area contributed by atoms with Gasteiger partial charge in [0, 0.05) is 0 Å². The summed E-state index contributed by atoms with van der Waals surface area (Å²) in [7, 11) is 0. The van der Waals surface area contributed by atoms with Crippen LogP contribution in [-0.2, 0) is 19.1 Å². The van der Waals surface area contributed by atoms with Gasteiger partial charge in [-0.05, 0) is 0 Å². The Morgan fingerprint density at radius 2 is 2.08 bits per heavy atom. The average molecular weight is 177 g/mol. The molecule has 0 bridgehead atoms. The maximum Gasteiger partial charge on any atom is 0.344 e. The van der Waals surface area contributed by atoms with E-state index in [1.54, 1.807) is 0 Å². The SMILES string of the molecule is C[CH]C(=O)OCC(=O)OCCF. The third-order valence-corrected chi connectivity index (χ3v) is 0.908. The van der Waals surface area contributed by atoms with E-state index < -0.39 is 25.2 Å². The van der Waals surface area contributed by atoms with Crippen LogP contribution in [0.1, 0.15) is 6.92 Å². The zero-order valence-corrected chi connectivity index (χ0v) is 6.71. The van der Waals surface area contributed by atoms with Crippen molar-refractivity contribution >= 4 is 11.9 Å². The quantitative estimate of drug-likeness (QED) is 0.565. The molecule has 12 heavy (non-hydrogen) atoms. The van der Waals surface area contributed by atoms with Crippen molar-refractivity contribution in [2.24, 2.45) is 0 Å². The Labute approximate surface area is 69.6 Å². The van der Waals surface area contributed by atoms with E-state index in [4.69, 9.17) is 0 Å². The summed E-state index contributed by atoms with van der Waals surface area (Å²) in [6.45, 7) is -0.0236. The van der Waals surface area contributed by atoms with Crippen LogP contribution in [0, 0.1) is 6.42 Å². The fourth-order valence-electron chi connectivity index (χ4n) is 0.407. The molecule has 69 valence electrons. The minimum atomic E-state index is -0.747. The normalized spacial score (nSPS) is 9.17. The van der Waals surface area contributed by atoms with Crippen LogP contribution in [0.3, 0.4) is 0 Å². The van der Waals surface area contributed by atoms with Crippen molar-refractivity contribution < 1.29 is 23.5 Å². The van der Waals surface area contributed by atoms with Gasteiger partial charge in [0.25, 0.3) is 0 Å². The van der Waals surface area contributed by atoms with E-state index in [0.717, 1.165) is 0 Å². The lowest BCUT2D eigenvalue weighted by Crippen LogP contribution is -2.17. The highest BCUT2D eigenvalue weighted by Gasteiger charge is 2.05. The molecule has 0 amide bonds. The van der Waals surface area contributed by atoms with Crippen LogP contribution in [0.2, 0.25) is 0 Å². The summed E-state index contributed by atoms with van der Waals surface area (Å²) in [5.74, 6) is -1.35. The Hall–Kier alpha value is -1.13. The van der Waals surface area contributed by atoms with Crippen molar-refractivity contribution in [3.05, 3.63) is 6.42 Å². The second-order valence-corrected chi connectivity index (χ2v) is 1.81. The first kappa shape index (κ1) is 10.9. The second-order valence-electron chi connectivity index (χ2n) is 1.81. The van der Waals surface area contributed by atoms with Gasteiger partial charge in [-0.25, -0.2) is 9.18 Å². The van der Waals surface area contributed by atoms with Crippen molar-refractivity contribution in [1.82, 2.24) is 0 Å². The van der Waals surface area contributed by atoms with Gasteiger partial charge < -0.3 is 9.47 Å². The zero-order valence-electron chi connectivity index (χ0n) is 6.71. The molecule has 0 aliphatic heterocycles. The standard InChI is InChI=1S/C7H10FO4/c1-2-6(9)12-5-7(10)11-4-3-8/h2H,3-5H2,1H3. The Morgan fingerprint density at radius 1 is 1.42 bits per heavy atom. The van der Waals surface area contributed by atoms with E-state index in [1.165, 1.54) is 13.3 Å². The van der Waals surface area contributed by atoms with Gasteiger partial charge in [0.05, 0.1) is 6.42 Å². The summed E-state index contributed by atoms with van der Waals surface area (Å²) in [5, 5.41) is 0. The highest BCUT2D eigenvalue weighted by molar-refractivity contribution is 5.81. The molecule has 0 rings (SSSR count). The minimum Gasteiger partial charge on any atom is -0.460 e. The molecular formula is C7H10FO4. The minimum absolute atomic E-state index is 0.299. The number of esters is 2. The maximum absolute atomic E-state index is 11.4. The molecular weight excluding hydrogens is 167 g/mol. The van der Waals surface area contributed by atoms with Crippen LogP contribution in [0.15, 0.2) is 0 Å². The molecule has 0 fully saturated rings. The lowest BCUT2D eigenvalue weighted by Gasteiger charge is -2.02. The van der Waals surface area contributed by atoms with E-state index in [0.29, 0.717) is 0 Å². The number of hydrogen-bond acceptors (Lipinski definition) is 4. The van der Waals surface area contributed by atoms with E-state index in [2.05, 4.69) is 9.47 Å². The highest BCUT2D eigenvalue weighted by atomic mass is 19.1. The number of halogens is 1. The van der Waals surface area contributed by atoms with Gasteiger partial charge >= 0.3 is 11.9 Å². The van der Waals surface area contributed by atoms with Crippen LogP contribution in [0.5, 0.6) is 0 Å². The van der Waals surface area contributed by atoms with Crippen LogP contribution >= 0.6 is 0 Å². The molecule has 1 radical (unpaired) electrons. The molecule has 0 atom stereocenters.